The minimum Gasteiger partial charge on any atom is -0.743 e. The van der Waals surface area contributed by atoms with E-state index in [2.05, 4.69) is 4.74 Å². The SMILES string of the molecule is O=S(=O)([O-])C(F)(F)COCCCCCOCC1CO1. The van der Waals surface area contributed by atoms with Gasteiger partial charge in [-0.1, -0.05) is 0 Å². The molecule has 0 aromatic carbocycles. The number of rotatable bonds is 11. The quantitative estimate of drug-likeness (QED) is 0.317. The second-order valence-corrected chi connectivity index (χ2v) is 5.74. The maximum absolute atomic E-state index is 12.6. The van der Waals surface area contributed by atoms with E-state index in [1.807, 2.05) is 0 Å². The van der Waals surface area contributed by atoms with E-state index in [0.717, 1.165) is 13.0 Å². The number of hydrogen-bond acceptors (Lipinski definition) is 6. The summed E-state index contributed by atoms with van der Waals surface area (Å²) in [5.74, 6) is 0. The summed E-state index contributed by atoms with van der Waals surface area (Å²) >= 11 is 0. The Morgan fingerprint density at radius 2 is 1.79 bits per heavy atom. The maximum atomic E-state index is 12.6. The predicted octanol–water partition coefficient (Wildman–Crippen LogP) is 0.727. The first-order valence-electron chi connectivity index (χ1n) is 5.93. The fraction of sp³-hybridized carbons (Fsp3) is 1.00. The van der Waals surface area contributed by atoms with Gasteiger partial charge in [0.05, 0.1) is 13.2 Å². The third kappa shape index (κ3) is 7.11. The number of epoxide rings is 1. The van der Waals surface area contributed by atoms with Gasteiger partial charge in [-0.2, -0.15) is 8.78 Å². The third-order valence-electron chi connectivity index (χ3n) is 2.42. The van der Waals surface area contributed by atoms with Gasteiger partial charge in [-0.3, -0.25) is 0 Å². The molecule has 1 atom stereocenters. The summed E-state index contributed by atoms with van der Waals surface area (Å²) in [5, 5.41) is -4.36. The summed E-state index contributed by atoms with van der Waals surface area (Å²) in [6.45, 7) is 0.463. The Morgan fingerprint density at radius 1 is 1.21 bits per heavy atom. The van der Waals surface area contributed by atoms with Gasteiger partial charge in [-0.05, 0) is 19.3 Å². The molecule has 1 aliphatic heterocycles. The van der Waals surface area contributed by atoms with E-state index in [4.69, 9.17) is 9.47 Å². The minimum atomic E-state index is -5.65. The summed E-state index contributed by atoms with van der Waals surface area (Å²) in [7, 11) is -5.65. The summed E-state index contributed by atoms with van der Waals surface area (Å²) in [4.78, 5) is 0. The highest BCUT2D eigenvalue weighted by atomic mass is 32.2. The van der Waals surface area contributed by atoms with Crippen molar-refractivity contribution in [3.05, 3.63) is 0 Å². The highest BCUT2D eigenvalue weighted by Crippen LogP contribution is 2.20. The molecule has 1 fully saturated rings. The molecule has 0 amide bonds. The van der Waals surface area contributed by atoms with Crippen LogP contribution in [0.25, 0.3) is 0 Å². The molecule has 1 unspecified atom stereocenters. The Balaban J connectivity index is 1.90. The van der Waals surface area contributed by atoms with Gasteiger partial charge in [0.1, 0.15) is 12.7 Å². The average Bonchev–Trinajstić information content (AvgIpc) is 3.09. The van der Waals surface area contributed by atoms with Gasteiger partial charge in [-0.25, -0.2) is 8.42 Å². The van der Waals surface area contributed by atoms with E-state index in [9.17, 15) is 21.8 Å². The van der Waals surface area contributed by atoms with Crippen LogP contribution in [0.15, 0.2) is 0 Å². The molecule has 0 aromatic heterocycles. The normalized spacial score (nSPS) is 19.6. The zero-order chi connectivity index (χ0) is 14.4. The Morgan fingerprint density at radius 3 is 2.32 bits per heavy atom. The lowest BCUT2D eigenvalue weighted by Crippen LogP contribution is -2.33. The first kappa shape index (κ1) is 16.7. The fourth-order valence-electron chi connectivity index (χ4n) is 1.23. The Labute approximate surface area is 110 Å². The lowest BCUT2D eigenvalue weighted by molar-refractivity contribution is -0.0220. The molecule has 6 nitrogen and oxygen atoms in total. The molecule has 0 aromatic rings. The van der Waals surface area contributed by atoms with Crippen molar-refractivity contribution in [2.75, 3.05) is 33.0 Å². The van der Waals surface area contributed by atoms with E-state index in [-0.39, 0.29) is 12.7 Å². The van der Waals surface area contributed by atoms with Crippen molar-refractivity contribution < 1.29 is 36.0 Å². The largest absolute Gasteiger partial charge is 0.743 e. The highest BCUT2D eigenvalue weighted by Gasteiger charge is 2.37. The smallest absolute Gasteiger partial charge is 0.357 e. The van der Waals surface area contributed by atoms with Crippen molar-refractivity contribution in [2.24, 2.45) is 0 Å². The third-order valence-corrected chi connectivity index (χ3v) is 3.27. The Kier molecular flexibility index (Phi) is 6.54. The molecule has 0 radical (unpaired) electrons. The van der Waals surface area contributed by atoms with E-state index < -0.39 is 22.0 Å². The van der Waals surface area contributed by atoms with Crippen LogP contribution in [0.3, 0.4) is 0 Å². The maximum Gasteiger partial charge on any atom is 0.357 e. The first-order valence-corrected chi connectivity index (χ1v) is 7.34. The molecular weight excluding hydrogens is 286 g/mol. The molecule has 1 saturated heterocycles. The number of ether oxygens (including phenoxy) is 3. The number of hydrogen-bond donors (Lipinski definition) is 0. The molecule has 19 heavy (non-hydrogen) atoms. The molecule has 0 saturated carbocycles. The molecule has 0 spiro atoms. The van der Waals surface area contributed by atoms with Crippen LogP contribution in [0.2, 0.25) is 0 Å². The standard InChI is InChI=1S/C10H18F2O6S/c11-10(12,19(13,14)15)8-17-5-3-1-2-4-16-6-9-7-18-9/h9H,1-8H2,(H,13,14,15)/p-1. The molecule has 1 aliphatic rings. The molecular formula is C10H17F2O6S-. The van der Waals surface area contributed by atoms with Crippen LogP contribution in [0, 0.1) is 0 Å². The number of alkyl halides is 2. The van der Waals surface area contributed by atoms with Crippen molar-refractivity contribution in [1.29, 1.82) is 0 Å². The van der Waals surface area contributed by atoms with Crippen LogP contribution in [0.1, 0.15) is 19.3 Å². The summed E-state index contributed by atoms with van der Waals surface area (Å²) in [5.41, 5.74) is 0. The van der Waals surface area contributed by atoms with Gasteiger partial charge in [0.2, 0.25) is 0 Å². The van der Waals surface area contributed by atoms with Gasteiger partial charge in [0, 0.05) is 13.2 Å². The highest BCUT2D eigenvalue weighted by molar-refractivity contribution is 7.86. The monoisotopic (exact) mass is 303 g/mol. The van der Waals surface area contributed by atoms with Crippen molar-refractivity contribution in [3.63, 3.8) is 0 Å². The summed E-state index contributed by atoms with van der Waals surface area (Å²) < 4.78 is 70.4. The van der Waals surface area contributed by atoms with Gasteiger partial charge < -0.3 is 18.8 Å². The van der Waals surface area contributed by atoms with Gasteiger partial charge in [0.15, 0.2) is 10.1 Å². The topological polar surface area (TPSA) is 88.2 Å². The van der Waals surface area contributed by atoms with Crippen LogP contribution in [0.5, 0.6) is 0 Å². The van der Waals surface area contributed by atoms with Crippen LogP contribution in [-0.4, -0.2) is 57.4 Å². The average molecular weight is 303 g/mol. The van der Waals surface area contributed by atoms with Crippen molar-refractivity contribution >= 4 is 10.1 Å². The lowest BCUT2D eigenvalue weighted by atomic mass is 10.2. The second-order valence-electron chi connectivity index (χ2n) is 4.23. The van der Waals surface area contributed by atoms with Crippen molar-refractivity contribution in [2.45, 2.75) is 30.6 Å². The molecule has 0 aliphatic carbocycles. The molecule has 9 heteroatoms. The van der Waals surface area contributed by atoms with E-state index >= 15 is 0 Å². The Hall–Kier alpha value is -0.350. The summed E-state index contributed by atoms with van der Waals surface area (Å²) in [6, 6.07) is 0. The van der Waals surface area contributed by atoms with Crippen LogP contribution >= 0.6 is 0 Å². The van der Waals surface area contributed by atoms with Crippen molar-refractivity contribution in [1.82, 2.24) is 0 Å². The fourth-order valence-corrected chi connectivity index (χ4v) is 1.45. The van der Waals surface area contributed by atoms with Gasteiger partial charge in [0.25, 0.3) is 0 Å². The minimum absolute atomic E-state index is 0.0170. The molecule has 0 bridgehead atoms. The predicted molar refractivity (Wildman–Crippen MR) is 59.9 cm³/mol. The molecule has 1 heterocycles. The van der Waals surface area contributed by atoms with Gasteiger partial charge in [-0.15, -0.1) is 0 Å². The zero-order valence-electron chi connectivity index (χ0n) is 10.3. The Bertz CT molecular complexity index is 355. The number of halogens is 2. The number of unbranched alkanes of at least 4 members (excludes halogenated alkanes) is 2. The molecule has 0 N–H and O–H groups in total. The lowest BCUT2D eigenvalue weighted by Gasteiger charge is -2.19. The van der Waals surface area contributed by atoms with Crippen LogP contribution in [0.4, 0.5) is 8.78 Å². The van der Waals surface area contributed by atoms with Crippen molar-refractivity contribution in [3.8, 4) is 0 Å². The van der Waals surface area contributed by atoms with E-state index in [1.165, 1.54) is 0 Å². The molecule has 114 valence electrons. The van der Waals surface area contributed by atoms with Crippen LogP contribution in [-0.2, 0) is 24.3 Å². The first-order chi connectivity index (χ1) is 8.83. The van der Waals surface area contributed by atoms with E-state index in [1.54, 1.807) is 0 Å². The molecule has 1 rings (SSSR count). The van der Waals surface area contributed by atoms with Crippen LogP contribution < -0.4 is 0 Å². The zero-order valence-corrected chi connectivity index (χ0v) is 11.2. The van der Waals surface area contributed by atoms with E-state index in [0.29, 0.717) is 26.1 Å². The van der Waals surface area contributed by atoms with Gasteiger partial charge >= 0.3 is 5.25 Å². The second kappa shape index (κ2) is 7.44. The summed E-state index contributed by atoms with van der Waals surface area (Å²) in [6.07, 6.45) is 2.19.